The summed E-state index contributed by atoms with van der Waals surface area (Å²) in [5, 5.41) is 0. The zero-order valence-electron chi connectivity index (χ0n) is 15.0. The van der Waals surface area contributed by atoms with Crippen LogP contribution in [0.4, 0.5) is 4.39 Å². The Morgan fingerprint density at radius 2 is 1.38 bits per heavy atom. The zero-order valence-corrected chi connectivity index (χ0v) is 15.8. The van der Waals surface area contributed by atoms with E-state index in [9.17, 15) is 4.39 Å². The molecule has 0 aromatic heterocycles. The monoisotopic (exact) mass is 365 g/mol. The largest absolute Gasteiger partial charge is 0.481 e. The Balaban J connectivity index is 2.03. The number of ether oxygens (including phenoxy) is 1. The van der Waals surface area contributed by atoms with Crippen LogP contribution in [0.1, 0.15) is 13.8 Å². The van der Waals surface area contributed by atoms with Gasteiger partial charge in [0.15, 0.2) is 26.3 Å². The Labute approximate surface area is 157 Å². The van der Waals surface area contributed by atoms with Gasteiger partial charge in [0.25, 0.3) is 0 Å². The van der Waals surface area contributed by atoms with Gasteiger partial charge in [0.05, 0.1) is 10.9 Å². The molecule has 0 saturated carbocycles. The zero-order chi connectivity index (χ0) is 18.6. The van der Waals surface area contributed by atoms with Gasteiger partial charge in [0.2, 0.25) is 0 Å². The van der Waals surface area contributed by atoms with Crippen LogP contribution in [-0.2, 0) is 10.9 Å². The molecule has 0 spiro atoms. The molecule has 3 heteroatoms. The van der Waals surface area contributed by atoms with E-state index in [2.05, 4.69) is 30.8 Å². The van der Waals surface area contributed by atoms with Gasteiger partial charge in [-0.05, 0) is 56.3 Å². The second-order valence-electron chi connectivity index (χ2n) is 6.43. The number of halogens is 1. The van der Waals surface area contributed by atoms with Crippen molar-refractivity contribution in [1.29, 1.82) is 0 Å². The molecule has 3 aromatic rings. The van der Waals surface area contributed by atoms with E-state index in [0.717, 1.165) is 14.7 Å². The molecule has 0 aliphatic heterocycles. The maximum Gasteiger partial charge on any atom is 0.170 e. The average Bonchev–Trinajstić information content (AvgIpc) is 2.66. The smallest absolute Gasteiger partial charge is 0.170 e. The predicted octanol–water partition coefficient (Wildman–Crippen LogP) is 6.26. The molecule has 26 heavy (non-hydrogen) atoms. The lowest BCUT2D eigenvalue weighted by molar-refractivity contribution is 0.154. The summed E-state index contributed by atoms with van der Waals surface area (Å²) in [6, 6.07) is 25.6. The molecule has 0 atom stereocenters. The van der Waals surface area contributed by atoms with E-state index in [0.29, 0.717) is 0 Å². The molecule has 0 aliphatic carbocycles. The number of rotatable bonds is 6. The molecule has 0 heterocycles. The highest BCUT2D eigenvalue weighted by Gasteiger charge is 2.30. The van der Waals surface area contributed by atoms with Gasteiger partial charge in [-0.15, -0.1) is 0 Å². The molecule has 0 N–H and O–H groups in total. The van der Waals surface area contributed by atoms with Gasteiger partial charge >= 0.3 is 0 Å². The molecule has 0 bridgehead atoms. The van der Waals surface area contributed by atoms with Crippen LogP contribution >= 0.6 is 0 Å². The topological polar surface area (TPSA) is 9.23 Å². The summed E-state index contributed by atoms with van der Waals surface area (Å²) in [5.74, 6) is -0.120. The third kappa shape index (κ3) is 4.17. The van der Waals surface area contributed by atoms with Crippen molar-refractivity contribution in [3.8, 4) is 5.75 Å². The number of hydrogen-bond acceptors (Lipinski definition) is 1. The van der Waals surface area contributed by atoms with E-state index < -0.39 is 5.60 Å². The first-order valence-electron chi connectivity index (χ1n) is 8.47. The first-order valence-corrected chi connectivity index (χ1v) is 9.69. The van der Waals surface area contributed by atoms with E-state index in [-0.39, 0.29) is 22.5 Å². The second-order valence-corrected chi connectivity index (χ2v) is 8.46. The highest BCUT2D eigenvalue weighted by atomic mass is 32.2. The Morgan fingerprint density at radius 3 is 1.85 bits per heavy atom. The Hall–Kier alpha value is -2.52. The van der Waals surface area contributed by atoms with Crippen molar-refractivity contribution in [3.63, 3.8) is 0 Å². The molecule has 0 amide bonds. The molecular weight excluding hydrogens is 343 g/mol. The van der Waals surface area contributed by atoms with E-state index in [4.69, 9.17) is 4.74 Å². The van der Waals surface area contributed by atoms with Gasteiger partial charge in [-0.3, -0.25) is 0 Å². The van der Waals surface area contributed by atoms with Gasteiger partial charge in [-0.2, -0.15) is 0 Å². The Bertz CT molecular complexity index is 836. The average molecular weight is 365 g/mol. The van der Waals surface area contributed by atoms with Crippen molar-refractivity contribution in [2.45, 2.75) is 34.1 Å². The van der Waals surface area contributed by atoms with Crippen molar-refractivity contribution in [2.24, 2.45) is 0 Å². The van der Waals surface area contributed by atoms with Crippen molar-refractivity contribution in [3.05, 3.63) is 97.3 Å². The molecule has 0 saturated heterocycles. The van der Waals surface area contributed by atoms with Crippen LogP contribution in [0.25, 0.3) is 0 Å². The molecule has 1 nitrogen and oxygen atoms in total. The molecule has 3 rings (SSSR count). The van der Waals surface area contributed by atoms with Crippen LogP contribution in [0.2, 0.25) is 0 Å². The summed E-state index contributed by atoms with van der Waals surface area (Å²) in [6.45, 7) is 7.44. The van der Waals surface area contributed by atoms with Crippen LogP contribution in [-0.4, -0.2) is 5.60 Å². The van der Waals surface area contributed by atoms with E-state index in [1.165, 1.54) is 0 Å². The van der Waals surface area contributed by atoms with Crippen LogP contribution in [0.15, 0.2) is 106 Å². The maximum absolute atomic E-state index is 14.8. The fraction of sp³-hybridized carbons (Fsp3) is 0.130. The fourth-order valence-electron chi connectivity index (χ4n) is 2.54. The van der Waals surface area contributed by atoms with Gasteiger partial charge in [0, 0.05) is 6.07 Å². The van der Waals surface area contributed by atoms with Gasteiger partial charge in [-0.1, -0.05) is 43.0 Å². The number of benzene rings is 3. The van der Waals surface area contributed by atoms with Crippen LogP contribution in [0, 0.1) is 5.82 Å². The first-order chi connectivity index (χ1) is 12.5. The third-order valence-corrected chi connectivity index (χ3v) is 6.17. The van der Waals surface area contributed by atoms with Crippen molar-refractivity contribution in [1.82, 2.24) is 0 Å². The van der Waals surface area contributed by atoms with E-state index in [1.54, 1.807) is 18.2 Å². The summed E-state index contributed by atoms with van der Waals surface area (Å²) < 4.78 is 20.5. The quantitative estimate of drug-likeness (QED) is 0.370. The molecule has 0 unspecified atom stereocenters. The molecular formula is C23H22FOS+. The van der Waals surface area contributed by atoms with Gasteiger partial charge in [-0.25, -0.2) is 4.39 Å². The summed E-state index contributed by atoms with van der Waals surface area (Å²) in [6.07, 6.45) is 1.67. The standard InChI is InChI=1S/C23H22FOS/c1-4-23(2,3)25-22-16-15-20(17-21(22)24)26(18-11-7-5-8-12-18)19-13-9-6-10-14-19/h4-17H,1H2,2-3H3/q+1. The molecule has 0 radical (unpaired) electrons. The first kappa shape index (κ1) is 18.3. The minimum atomic E-state index is -0.622. The van der Waals surface area contributed by atoms with Crippen molar-refractivity contribution in [2.75, 3.05) is 0 Å². The fourth-order valence-corrected chi connectivity index (χ4v) is 4.64. The minimum Gasteiger partial charge on any atom is -0.481 e. The summed E-state index contributed by atoms with van der Waals surface area (Å²) in [5.41, 5.74) is -0.622. The third-order valence-electron chi connectivity index (χ3n) is 3.96. The van der Waals surface area contributed by atoms with E-state index >= 15 is 0 Å². The van der Waals surface area contributed by atoms with Crippen molar-refractivity contribution >= 4 is 10.9 Å². The normalized spacial score (nSPS) is 11.4. The van der Waals surface area contributed by atoms with Gasteiger partial charge < -0.3 is 4.74 Å². The summed E-state index contributed by atoms with van der Waals surface area (Å²) in [7, 11) is -0.374. The summed E-state index contributed by atoms with van der Waals surface area (Å²) >= 11 is 0. The number of hydrogen-bond donors (Lipinski definition) is 0. The lowest BCUT2D eigenvalue weighted by Gasteiger charge is -2.22. The Kier molecular flexibility index (Phi) is 5.48. The summed E-state index contributed by atoms with van der Waals surface area (Å²) in [4.78, 5) is 3.22. The van der Waals surface area contributed by atoms with Crippen LogP contribution in [0.5, 0.6) is 5.75 Å². The van der Waals surface area contributed by atoms with E-state index in [1.807, 2.05) is 56.3 Å². The molecule has 3 aromatic carbocycles. The Morgan fingerprint density at radius 1 is 0.846 bits per heavy atom. The minimum absolute atomic E-state index is 0.239. The predicted molar refractivity (Wildman–Crippen MR) is 106 cm³/mol. The molecule has 132 valence electrons. The second kappa shape index (κ2) is 7.79. The van der Waals surface area contributed by atoms with Crippen LogP contribution < -0.4 is 4.74 Å². The van der Waals surface area contributed by atoms with Crippen LogP contribution in [0.3, 0.4) is 0 Å². The lowest BCUT2D eigenvalue weighted by Crippen LogP contribution is -2.25. The molecule has 0 fully saturated rings. The SMILES string of the molecule is C=CC(C)(C)Oc1ccc([S+](c2ccccc2)c2ccccc2)cc1F. The lowest BCUT2D eigenvalue weighted by atomic mass is 10.1. The maximum atomic E-state index is 14.8. The van der Waals surface area contributed by atoms with Crippen molar-refractivity contribution < 1.29 is 9.13 Å². The highest BCUT2D eigenvalue weighted by molar-refractivity contribution is 7.97. The molecule has 0 aliphatic rings. The highest BCUT2D eigenvalue weighted by Crippen LogP contribution is 2.33. The van der Waals surface area contributed by atoms with Gasteiger partial charge in [0.1, 0.15) is 5.60 Å².